The smallest absolute Gasteiger partial charge is 0.321 e. The number of nitrogens with zero attached hydrogens (tertiary/aromatic N) is 5. The Balaban J connectivity index is 0.000000591. The number of fused-ring (bicyclic) bond motifs is 3. The van der Waals surface area contributed by atoms with Gasteiger partial charge in [0.15, 0.2) is 23.6 Å². The molecule has 0 bridgehead atoms. The molecule has 0 aliphatic heterocycles. The Hall–Kier alpha value is -5.25. The van der Waals surface area contributed by atoms with Crippen LogP contribution in [0, 0.1) is 0 Å². The first-order valence-electron chi connectivity index (χ1n) is 24.3. The third kappa shape index (κ3) is 19.0. The van der Waals surface area contributed by atoms with Crippen molar-refractivity contribution in [1.82, 2.24) is 29.1 Å². The number of benzene rings is 3. The molecule has 6 aromatic rings. The molecule has 0 fully saturated rings. The van der Waals surface area contributed by atoms with Gasteiger partial charge in [-0.15, -0.1) is 0 Å². The first-order valence-corrected chi connectivity index (χ1v) is 30.3. The summed E-state index contributed by atoms with van der Waals surface area (Å²) in [4.78, 5) is 31.4. The van der Waals surface area contributed by atoms with Gasteiger partial charge in [0.1, 0.15) is 11.2 Å². The van der Waals surface area contributed by atoms with E-state index < -0.39 is 42.1 Å². The molecule has 28 heteroatoms. The number of hydrogen-bond acceptors (Lipinski definition) is 13. The van der Waals surface area contributed by atoms with Crippen molar-refractivity contribution in [3.63, 3.8) is 0 Å². The molecule has 14 N–H and O–H groups in total. The van der Waals surface area contributed by atoms with Gasteiger partial charge in [-0.3, -0.25) is 4.79 Å². The summed E-state index contributed by atoms with van der Waals surface area (Å²) in [5.74, 6) is -1.38. The van der Waals surface area contributed by atoms with Crippen LogP contribution in [0.4, 0.5) is 11.6 Å². The lowest BCUT2D eigenvalue weighted by atomic mass is 10.1. The maximum Gasteiger partial charge on any atom is 0.321 e. The Morgan fingerprint density at radius 1 is 0.558 bits per heavy atom. The minimum atomic E-state index is -4.14. The van der Waals surface area contributed by atoms with Gasteiger partial charge in [0.05, 0.1) is 29.8 Å². The van der Waals surface area contributed by atoms with Gasteiger partial charge in [-0.1, -0.05) is 123 Å². The summed E-state index contributed by atoms with van der Waals surface area (Å²) in [5.41, 5.74) is 27.0. The number of carbonyl (C=O) groups is 1. The lowest BCUT2D eigenvalue weighted by Crippen LogP contribution is -2.40. The van der Waals surface area contributed by atoms with Gasteiger partial charge in [-0.2, -0.15) is 14.7 Å². The van der Waals surface area contributed by atoms with E-state index in [1.54, 1.807) is 12.1 Å². The molecule has 6 rings (SSSR count). The Labute approximate surface area is 473 Å². The number of nitrogens with two attached hydrogens (primary N) is 5. The van der Waals surface area contributed by atoms with E-state index in [1.807, 2.05) is 13.8 Å². The largest absolute Gasteiger partial charge is 0.480 e. The number of carboxylic acids is 1. The van der Waals surface area contributed by atoms with Gasteiger partial charge in [0.25, 0.3) is 0 Å². The molecule has 0 aliphatic rings. The van der Waals surface area contributed by atoms with Gasteiger partial charge in [-0.05, 0) is 82.5 Å². The highest BCUT2D eigenvalue weighted by Crippen LogP contribution is 2.34. The van der Waals surface area contributed by atoms with Crippen LogP contribution in [0.2, 0.25) is 20.2 Å². The van der Waals surface area contributed by atoms with Crippen LogP contribution in [0.1, 0.15) is 103 Å². The fourth-order valence-corrected chi connectivity index (χ4v) is 12.3. The molecule has 0 saturated heterocycles. The Bertz CT molecular complexity index is 3440. The van der Waals surface area contributed by atoms with Gasteiger partial charge in [-0.25, -0.2) is 49.6 Å². The van der Waals surface area contributed by atoms with Crippen LogP contribution in [0.3, 0.4) is 0 Å². The van der Waals surface area contributed by atoms with E-state index in [-0.39, 0.29) is 71.2 Å². The molecule has 0 saturated carbocycles. The monoisotopic (exact) mass is 1210 g/mol. The van der Waals surface area contributed by atoms with Gasteiger partial charge < -0.3 is 33.8 Å². The summed E-state index contributed by atoms with van der Waals surface area (Å²) >= 11 is 24.4. The number of unbranched alkanes of at least 4 members (excludes halogenated alkanes) is 5. The molecule has 0 unspecified atom stereocenters. The van der Waals surface area contributed by atoms with Crippen LogP contribution in [-0.4, -0.2) is 87.9 Å². The van der Waals surface area contributed by atoms with E-state index >= 15 is 0 Å². The highest BCUT2D eigenvalue weighted by molar-refractivity contribution is 7.90. The molecule has 77 heavy (non-hydrogen) atoms. The maximum atomic E-state index is 12.7. The molecule has 0 radical (unpaired) electrons. The molecule has 3 aromatic carbocycles. The number of pyridine rings is 3. The van der Waals surface area contributed by atoms with E-state index in [0.29, 0.717) is 61.7 Å². The van der Waals surface area contributed by atoms with E-state index in [2.05, 4.69) is 53.0 Å². The van der Waals surface area contributed by atoms with Crippen molar-refractivity contribution in [2.24, 2.45) is 38.7 Å². The normalized spacial score (nSPS) is 12.9. The van der Waals surface area contributed by atoms with Crippen molar-refractivity contribution in [1.29, 1.82) is 0 Å². The fraction of sp³-hybridized carbons (Fsp3) is 0.388. The third-order valence-electron chi connectivity index (χ3n) is 11.5. The Morgan fingerprint density at radius 3 is 1.30 bits per heavy atom. The van der Waals surface area contributed by atoms with Crippen molar-refractivity contribution < 1.29 is 39.4 Å². The molecule has 0 amide bonds. The number of carboxylic acid groups (broad SMARTS) is 1. The molecule has 3 atom stereocenters. The second-order valence-corrected chi connectivity index (χ2v) is 24.5. The highest BCUT2D eigenvalue weighted by Gasteiger charge is 2.26. The predicted molar refractivity (Wildman–Crippen MR) is 315 cm³/mol. The average Bonchev–Trinajstić information content (AvgIpc) is 3.36. The van der Waals surface area contributed by atoms with E-state index in [9.17, 15) is 35.2 Å². The lowest BCUT2D eigenvalue weighted by Gasteiger charge is -2.15. The Morgan fingerprint density at radius 2 is 0.922 bits per heavy atom. The predicted octanol–water partition coefficient (Wildman–Crippen LogP) is 9.22. The number of rotatable bonds is 24. The number of aliphatic imine (C=N–C) groups is 2. The standard InChI is InChI=1S/C17H24ClN5O2S.C16H20Cl2N2O2S.C16H21ClN6O4S.3H2/c1-3-4-5-6-11(2)23-26(24,25)12-7-8-13-14(9-12)16(22-17(19)20)21-10-15(13)18;1-3-4-5-6-11(2)20-23(21,22)12-7-8-13-14(9-12)16(18)19-10-15(13)17;17-12-8-21-14(22-16(19)20)11-7-9(4-5-10(11)12)28(26,27)23-13(15(24)25)3-1-2-6-18;;;/h7-11,23H,3-6H2,1-2H3,(H4,19,20,21,22);7-11,20H,3-6H2,1-2H3;4-5,7-8,13,23H,1-3,6,18H2,(H,24,25)(H4,19,20,21,22);3*1H/t2*11-;13-;;;/m110.../s1/i;;;3*1+1. The van der Waals surface area contributed by atoms with Gasteiger partial charge in [0.2, 0.25) is 30.1 Å². The summed E-state index contributed by atoms with van der Waals surface area (Å²) in [6.45, 7) is 8.35. The fourth-order valence-electron chi connectivity index (χ4n) is 7.59. The zero-order chi connectivity index (χ0) is 57.3. The van der Waals surface area contributed by atoms with Crippen molar-refractivity contribution in [3.05, 3.63) is 93.4 Å². The van der Waals surface area contributed by atoms with Crippen molar-refractivity contribution >= 4 is 138 Å². The van der Waals surface area contributed by atoms with E-state index in [1.165, 1.54) is 61.1 Å². The Kier molecular flexibility index (Phi) is 24.7. The van der Waals surface area contributed by atoms with Crippen LogP contribution >= 0.6 is 46.4 Å². The van der Waals surface area contributed by atoms with Crippen LogP contribution in [0.15, 0.2) is 97.9 Å². The molecule has 426 valence electrons. The summed E-state index contributed by atoms with van der Waals surface area (Å²) in [5, 5.41) is 13.7. The van der Waals surface area contributed by atoms with Crippen molar-refractivity contribution in [2.45, 2.75) is 131 Å². The molecular weight excluding hydrogens is 1140 g/mol. The van der Waals surface area contributed by atoms with Gasteiger partial charge in [0, 0.05) is 67.3 Å². The topological polar surface area (TPSA) is 369 Å². The minimum Gasteiger partial charge on any atom is -0.480 e. The highest BCUT2D eigenvalue weighted by atomic mass is 35.5. The van der Waals surface area contributed by atoms with Crippen LogP contribution in [0.5, 0.6) is 0 Å². The number of aromatic nitrogens is 3. The van der Waals surface area contributed by atoms with Gasteiger partial charge >= 0.3 is 5.97 Å². The number of guanidine groups is 2. The third-order valence-corrected chi connectivity index (χ3v) is 17.3. The van der Waals surface area contributed by atoms with Crippen LogP contribution < -0.4 is 42.8 Å². The summed E-state index contributed by atoms with van der Waals surface area (Å²) in [7, 11) is -11.4. The average molecular weight is 1210 g/mol. The second kappa shape index (κ2) is 29.6. The minimum absolute atomic E-state index is 0. The molecule has 3 heterocycles. The second-order valence-electron chi connectivity index (χ2n) is 17.8. The summed E-state index contributed by atoms with van der Waals surface area (Å²) < 4.78 is 83.4. The molecule has 21 nitrogen and oxygen atoms in total. The molecule has 3 aromatic heterocycles. The first-order chi connectivity index (χ1) is 36.2. The number of nitrogens with one attached hydrogen (secondary N) is 3. The first kappa shape index (κ1) is 64.3. The lowest BCUT2D eigenvalue weighted by molar-refractivity contribution is -0.139. The zero-order valence-corrected chi connectivity index (χ0v) is 48.3. The number of hydrogen-bond donors (Lipinski definition) is 9. The number of aliphatic carboxylic acids is 1. The van der Waals surface area contributed by atoms with Crippen LogP contribution in [0.25, 0.3) is 32.3 Å². The number of halogens is 4. The maximum absolute atomic E-state index is 12.7. The number of sulfonamides is 3. The quantitative estimate of drug-likeness (QED) is 0.0118. The summed E-state index contributed by atoms with van der Waals surface area (Å²) in [6.07, 6.45) is 13.4. The molecule has 0 spiro atoms. The van der Waals surface area contributed by atoms with E-state index in [4.69, 9.17) is 75.1 Å². The summed E-state index contributed by atoms with van der Waals surface area (Å²) in [6, 6.07) is 11.8. The molecule has 0 aliphatic carbocycles. The SMILES string of the molecule is CCCCC[C@@H](C)NS(=O)(=O)c1ccc2c(Cl)cnc(Cl)c2c1.CCCCC[C@@H](C)NS(=O)(=O)c1ccc2c(Cl)cnc(N=C(N)N)c2c1.NCCCC[C@H](NS(=O)(=O)c1ccc2c(Cl)cnc(N=C(N)N)c2c1)C(=O)O.[2HH].[2HH].[2HH]. The van der Waals surface area contributed by atoms with Crippen molar-refractivity contribution in [3.8, 4) is 0 Å². The molecular formula is C49H71Cl4N13O8S3. The van der Waals surface area contributed by atoms with E-state index in [0.717, 1.165) is 51.4 Å². The zero-order valence-electron chi connectivity index (χ0n) is 42.8. The van der Waals surface area contributed by atoms with Crippen molar-refractivity contribution in [2.75, 3.05) is 6.54 Å². The van der Waals surface area contributed by atoms with Crippen LogP contribution in [-0.2, 0) is 34.9 Å².